The maximum Gasteiger partial charge on any atom is 0.433 e. The number of ether oxygens (including phenoxy) is 3. The summed E-state index contributed by atoms with van der Waals surface area (Å²) in [6, 6.07) is 6.65. The molecule has 1 amide bonds. The first-order valence-corrected chi connectivity index (χ1v) is 5.02. The molecule has 1 aliphatic heterocycles. The Balaban J connectivity index is 2.15. The average Bonchev–Trinajstić information content (AvgIpc) is 2.75. The molecule has 1 heterocycles. The number of benzene rings is 1. The van der Waals surface area contributed by atoms with E-state index < -0.39 is 6.09 Å². The highest BCUT2D eigenvalue weighted by Crippen LogP contribution is 2.19. The Morgan fingerprint density at radius 2 is 2.00 bits per heavy atom. The Kier molecular flexibility index (Phi) is 3.24. The van der Waals surface area contributed by atoms with Gasteiger partial charge in [-0.2, -0.15) is 0 Å². The molecule has 1 aromatic carbocycles. The van der Waals surface area contributed by atoms with Crippen LogP contribution >= 0.6 is 11.6 Å². The van der Waals surface area contributed by atoms with Crippen LogP contribution < -0.4 is 15.6 Å². The van der Waals surface area contributed by atoms with Crippen molar-refractivity contribution in [3.63, 3.8) is 0 Å². The van der Waals surface area contributed by atoms with Crippen LogP contribution in [0, 0.1) is 0 Å². The summed E-state index contributed by atoms with van der Waals surface area (Å²) in [7, 11) is 1.39. The first kappa shape index (κ1) is 11.4. The summed E-state index contributed by atoms with van der Waals surface area (Å²) >= 11 is 5.74. The van der Waals surface area contributed by atoms with Gasteiger partial charge in [-0.15, -0.1) is 0 Å². The van der Waals surface area contributed by atoms with Crippen molar-refractivity contribution in [1.29, 1.82) is 0 Å². The molecule has 1 aromatic rings. The number of rotatable bonds is 3. The third-order valence-corrected chi connectivity index (χ3v) is 2.12. The lowest BCUT2D eigenvalue weighted by Gasteiger charge is -2.09. The number of hydrogen-bond acceptors (Lipinski definition) is 5. The lowest BCUT2D eigenvalue weighted by atomic mass is 10.3. The molecule has 7 heteroatoms. The largest absolute Gasteiger partial charge is 0.465 e. The highest BCUT2D eigenvalue weighted by molar-refractivity contribution is 6.30. The second-order valence-electron chi connectivity index (χ2n) is 3.02. The zero-order valence-corrected chi connectivity index (χ0v) is 9.58. The van der Waals surface area contributed by atoms with Gasteiger partial charge in [0.2, 0.25) is 0 Å². The van der Waals surface area contributed by atoms with Crippen LogP contribution in [0.2, 0.25) is 5.02 Å². The summed E-state index contributed by atoms with van der Waals surface area (Å²) < 4.78 is 15.1. The van der Waals surface area contributed by atoms with E-state index in [0.29, 0.717) is 10.8 Å². The summed E-state index contributed by atoms with van der Waals surface area (Å²) in [6.45, 7) is 0. The number of cyclic esters (lactones) is 1. The molecule has 0 saturated carbocycles. The van der Waals surface area contributed by atoms with Crippen molar-refractivity contribution in [2.24, 2.45) is 0 Å². The Morgan fingerprint density at radius 1 is 1.29 bits per heavy atom. The lowest BCUT2D eigenvalue weighted by molar-refractivity contribution is 0.119. The first-order valence-electron chi connectivity index (χ1n) is 4.64. The van der Waals surface area contributed by atoms with Crippen LogP contribution in [0.4, 0.5) is 4.79 Å². The minimum absolute atomic E-state index is 0.0330. The zero-order chi connectivity index (χ0) is 12.3. The SMILES string of the molecule is CO/C(Oc1ccc(Cl)cc1)=C1\NNC(=O)O1. The molecule has 0 spiro atoms. The molecule has 0 aliphatic carbocycles. The third kappa shape index (κ3) is 2.73. The van der Waals surface area contributed by atoms with Gasteiger partial charge in [-0.1, -0.05) is 11.6 Å². The van der Waals surface area contributed by atoms with Gasteiger partial charge in [-0.05, 0) is 24.3 Å². The Bertz CT molecular complexity index is 458. The van der Waals surface area contributed by atoms with Gasteiger partial charge in [0.25, 0.3) is 5.88 Å². The van der Waals surface area contributed by atoms with E-state index in [0.717, 1.165) is 0 Å². The van der Waals surface area contributed by atoms with Gasteiger partial charge in [0.05, 0.1) is 7.11 Å². The van der Waals surface area contributed by atoms with Gasteiger partial charge in [0.15, 0.2) is 0 Å². The van der Waals surface area contributed by atoms with Gasteiger partial charge in [0.1, 0.15) is 5.75 Å². The fourth-order valence-corrected chi connectivity index (χ4v) is 1.26. The van der Waals surface area contributed by atoms with Crippen molar-refractivity contribution in [3.05, 3.63) is 41.1 Å². The number of carbonyl (C=O) groups is 1. The summed E-state index contributed by atoms with van der Waals surface area (Å²) in [5.74, 6) is 0.599. The predicted octanol–water partition coefficient (Wildman–Crippen LogP) is 1.74. The average molecular weight is 257 g/mol. The molecule has 2 N–H and O–H groups in total. The monoisotopic (exact) mass is 256 g/mol. The molecule has 1 aliphatic rings. The van der Waals surface area contributed by atoms with Gasteiger partial charge in [-0.25, -0.2) is 10.2 Å². The maximum atomic E-state index is 10.8. The van der Waals surface area contributed by atoms with Crippen LogP contribution in [0.15, 0.2) is 36.1 Å². The molecule has 0 unspecified atom stereocenters. The Morgan fingerprint density at radius 3 is 2.53 bits per heavy atom. The summed E-state index contributed by atoms with van der Waals surface area (Å²) in [5, 5.41) is 0.594. The zero-order valence-electron chi connectivity index (χ0n) is 8.82. The van der Waals surface area contributed by atoms with E-state index >= 15 is 0 Å². The first-order chi connectivity index (χ1) is 8.19. The number of carbonyl (C=O) groups excluding carboxylic acids is 1. The minimum atomic E-state index is -0.630. The third-order valence-electron chi connectivity index (χ3n) is 1.87. The molecule has 2 rings (SSSR count). The van der Waals surface area contributed by atoms with Gasteiger partial charge in [-0.3, -0.25) is 5.43 Å². The molecule has 90 valence electrons. The molecule has 1 fully saturated rings. The molecule has 1 saturated heterocycles. The van der Waals surface area contributed by atoms with Crippen molar-refractivity contribution in [2.45, 2.75) is 0 Å². The summed E-state index contributed by atoms with van der Waals surface area (Å²) in [4.78, 5) is 10.8. The number of nitrogens with one attached hydrogen (secondary N) is 2. The van der Waals surface area contributed by atoms with E-state index in [1.807, 2.05) is 0 Å². The van der Waals surface area contributed by atoms with Crippen molar-refractivity contribution in [2.75, 3.05) is 7.11 Å². The molecular formula is C10H9ClN2O4. The predicted molar refractivity (Wildman–Crippen MR) is 58.9 cm³/mol. The summed E-state index contributed by atoms with van der Waals surface area (Å²) in [5.41, 5.74) is 4.70. The van der Waals surface area contributed by atoms with E-state index in [2.05, 4.69) is 10.9 Å². The highest BCUT2D eigenvalue weighted by atomic mass is 35.5. The standard InChI is InChI=1S/C10H9ClN2O4/c1-15-9(8-12-13-10(14)17-8)16-7-4-2-6(11)3-5-7/h2-5,12H,1H3,(H,13,14)/b9-8-. The van der Waals surface area contributed by atoms with Crippen LogP contribution in [-0.2, 0) is 9.47 Å². The van der Waals surface area contributed by atoms with Crippen molar-refractivity contribution in [1.82, 2.24) is 10.9 Å². The number of hydrazine groups is 1. The molecule has 17 heavy (non-hydrogen) atoms. The van der Waals surface area contributed by atoms with Gasteiger partial charge < -0.3 is 14.2 Å². The second-order valence-corrected chi connectivity index (χ2v) is 3.45. The van der Waals surface area contributed by atoms with Gasteiger partial charge >= 0.3 is 12.0 Å². The molecule has 0 aromatic heterocycles. The number of hydrogen-bond donors (Lipinski definition) is 2. The Hall–Kier alpha value is -2.08. The van der Waals surface area contributed by atoms with E-state index in [4.69, 9.17) is 25.8 Å². The molecule has 6 nitrogen and oxygen atoms in total. The van der Waals surface area contributed by atoms with Gasteiger partial charge in [0, 0.05) is 5.02 Å². The van der Waals surface area contributed by atoms with Crippen LogP contribution in [-0.4, -0.2) is 13.2 Å². The van der Waals surface area contributed by atoms with Crippen LogP contribution in [0.5, 0.6) is 5.75 Å². The van der Waals surface area contributed by atoms with Crippen molar-refractivity contribution >= 4 is 17.7 Å². The van der Waals surface area contributed by atoms with Crippen LogP contribution in [0.3, 0.4) is 0 Å². The number of methoxy groups -OCH3 is 1. The number of halogens is 1. The fourth-order valence-electron chi connectivity index (χ4n) is 1.13. The number of amides is 1. The smallest absolute Gasteiger partial charge is 0.433 e. The van der Waals surface area contributed by atoms with E-state index in [9.17, 15) is 4.79 Å². The van der Waals surface area contributed by atoms with E-state index in [1.54, 1.807) is 24.3 Å². The highest BCUT2D eigenvalue weighted by Gasteiger charge is 2.22. The lowest BCUT2D eigenvalue weighted by Crippen LogP contribution is -2.25. The molecule has 0 atom stereocenters. The quantitative estimate of drug-likeness (QED) is 0.806. The van der Waals surface area contributed by atoms with E-state index in [1.165, 1.54) is 7.11 Å². The van der Waals surface area contributed by atoms with Crippen LogP contribution in [0.25, 0.3) is 0 Å². The molecular weight excluding hydrogens is 248 g/mol. The molecule has 0 radical (unpaired) electrons. The fraction of sp³-hybridized carbons (Fsp3) is 0.100. The Labute approximate surface area is 102 Å². The second kappa shape index (κ2) is 4.84. The maximum absolute atomic E-state index is 10.8. The topological polar surface area (TPSA) is 68.8 Å². The summed E-state index contributed by atoms with van der Waals surface area (Å²) in [6.07, 6.45) is -0.630. The minimum Gasteiger partial charge on any atom is -0.465 e. The van der Waals surface area contributed by atoms with Crippen LogP contribution in [0.1, 0.15) is 0 Å². The van der Waals surface area contributed by atoms with E-state index in [-0.39, 0.29) is 11.8 Å². The van der Waals surface area contributed by atoms with Crippen molar-refractivity contribution in [3.8, 4) is 5.75 Å². The molecule has 0 bridgehead atoms. The van der Waals surface area contributed by atoms with Crippen molar-refractivity contribution < 1.29 is 19.0 Å². The normalized spacial score (nSPS) is 16.7.